The number of nitrogens with two attached hydrogens (primary N) is 2. The van der Waals surface area contributed by atoms with Crippen molar-refractivity contribution in [3.8, 4) is 0 Å². The van der Waals surface area contributed by atoms with Crippen LogP contribution in [-0.4, -0.2) is 12.5 Å². The van der Waals surface area contributed by atoms with Crippen LogP contribution >= 0.6 is 37.2 Å². The van der Waals surface area contributed by atoms with E-state index in [1.165, 1.54) is 0 Å². The van der Waals surface area contributed by atoms with Gasteiger partial charge in [0.2, 0.25) is 5.91 Å². The van der Waals surface area contributed by atoms with Crippen molar-refractivity contribution >= 4 is 43.1 Å². The molecule has 0 atom stereocenters. The van der Waals surface area contributed by atoms with E-state index in [4.69, 9.17) is 5.73 Å². The topological polar surface area (TPSA) is 69.1 Å². The molecule has 0 heterocycles. The fourth-order valence-electron chi connectivity index (χ4n) is 0. The number of primary amides is 1. The summed E-state index contributed by atoms with van der Waals surface area (Å²) in [6.07, 6.45) is 2.15. The van der Waals surface area contributed by atoms with Crippen molar-refractivity contribution in [3.05, 3.63) is 12.7 Å². The standard InChI is InChI=1S/C3H5NO.C3H9N.3ClH/c1-2-3(4)5;1-2-3-4;;;/h2H,1H2,(H2,4,5);2-4H2,1H3;3*1H. The van der Waals surface area contributed by atoms with Crippen LogP contribution in [0.25, 0.3) is 0 Å². The van der Waals surface area contributed by atoms with Crippen molar-refractivity contribution in [1.82, 2.24) is 0 Å². The smallest absolute Gasteiger partial charge is 0.240 e. The Morgan fingerprint density at radius 1 is 1.42 bits per heavy atom. The molecule has 0 saturated carbocycles. The van der Waals surface area contributed by atoms with Gasteiger partial charge in [0.1, 0.15) is 0 Å². The molecule has 0 aromatic rings. The third-order valence-electron chi connectivity index (χ3n) is 0.490. The average molecular weight is 240 g/mol. The number of carbonyl (C=O) groups excluding carboxylic acids is 1. The van der Waals surface area contributed by atoms with Gasteiger partial charge in [-0.15, -0.1) is 37.2 Å². The summed E-state index contributed by atoms with van der Waals surface area (Å²) in [6, 6.07) is 0. The van der Waals surface area contributed by atoms with Crippen LogP contribution in [0.1, 0.15) is 13.3 Å². The van der Waals surface area contributed by atoms with Gasteiger partial charge in [0.05, 0.1) is 0 Å². The first-order valence-corrected chi connectivity index (χ1v) is 2.81. The Hall–Kier alpha value is 0.0400. The van der Waals surface area contributed by atoms with Gasteiger partial charge in [-0.1, -0.05) is 13.5 Å². The van der Waals surface area contributed by atoms with Gasteiger partial charge in [-0.05, 0) is 19.0 Å². The maximum atomic E-state index is 9.47. The number of hydrogen-bond donors (Lipinski definition) is 2. The Morgan fingerprint density at radius 3 is 1.58 bits per heavy atom. The van der Waals surface area contributed by atoms with Crippen LogP contribution in [0.2, 0.25) is 0 Å². The zero-order chi connectivity index (χ0) is 7.70. The number of amides is 1. The van der Waals surface area contributed by atoms with Crippen LogP contribution in [-0.2, 0) is 4.79 Å². The second-order valence-electron chi connectivity index (χ2n) is 1.40. The number of rotatable bonds is 2. The fraction of sp³-hybridized carbons (Fsp3) is 0.500. The largest absolute Gasteiger partial charge is 0.366 e. The quantitative estimate of drug-likeness (QED) is 0.713. The van der Waals surface area contributed by atoms with Crippen molar-refractivity contribution < 1.29 is 4.79 Å². The molecule has 0 aliphatic carbocycles. The van der Waals surface area contributed by atoms with Gasteiger partial charge in [-0.2, -0.15) is 0 Å². The molecule has 0 unspecified atom stereocenters. The Kier molecular flexibility index (Phi) is 75.3. The van der Waals surface area contributed by atoms with Crippen LogP contribution in [0.4, 0.5) is 0 Å². The molecular weight excluding hydrogens is 222 g/mol. The lowest BCUT2D eigenvalue weighted by Gasteiger charge is -1.70. The molecule has 0 bridgehead atoms. The summed E-state index contributed by atoms with van der Waals surface area (Å²) < 4.78 is 0. The lowest BCUT2D eigenvalue weighted by molar-refractivity contribution is -0.113. The lowest BCUT2D eigenvalue weighted by Crippen LogP contribution is -2.04. The molecule has 0 saturated heterocycles. The number of hydrogen-bond acceptors (Lipinski definition) is 2. The van der Waals surface area contributed by atoms with Crippen molar-refractivity contribution in [1.29, 1.82) is 0 Å². The maximum Gasteiger partial charge on any atom is 0.240 e. The summed E-state index contributed by atoms with van der Waals surface area (Å²) in [4.78, 5) is 9.47. The summed E-state index contributed by atoms with van der Waals surface area (Å²) in [6.45, 7) is 5.96. The van der Waals surface area contributed by atoms with Gasteiger partial charge < -0.3 is 11.5 Å². The van der Waals surface area contributed by atoms with E-state index < -0.39 is 5.91 Å². The third kappa shape index (κ3) is 88.8. The van der Waals surface area contributed by atoms with Crippen LogP contribution in [0.15, 0.2) is 12.7 Å². The molecule has 0 radical (unpaired) electrons. The minimum absolute atomic E-state index is 0. The van der Waals surface area contributed by atoms with E-state index in [0.717, 1.165) is 19.0 Å². The minimum Gasteiger partial charge on any atom is -0.366 e. The molecule has 1 amide bonds. The zero-order valence-corrected chi connectivity index (χ0v) is 9.44. The molecule has 0 spiro atoms. The number of halogens is 3. The average Bonchev–Trinajstić information content (AvgIpc) is 1.89. The summed E-state index contributed by atoms with van der Waals surface area (Å²) in [5.74, 6) is -0.481. The van der Waals surface area contributed by atoms with Crippen molar-refractivity contribution in [3.63, 3.8) is 0 Å². The minimum atomic E-state index is -0.481. The molecule has 0 rings (SSSR count). The molecule has 0 aliphatic rings. The fourth-order valence-corrected chi connectivity index (χ4v) is 0. The highest BCUT2D eigenvalue weighted by molar-refractivity contribution is 5.86. The highest BCUT2D eigenvalue weighted by Crippen LogP contribution is 1.57. The predicted octanol–water partition coefficient (Wildman–Crippen LogP) is 1.28. The van der Waals surface area contributed by atoms with Gasteiger partial charge in [0.15, 0.2) is 0 Å². The summed E-state index contributed by atoms with van der Waals surface area (Å²) in [5, 5.41) is 0. The van der Waals surface area contributed by atoms with E-state index in [9.17, 15) is 4.79 Å². The Morgan fingerprint density at radius 2 is 1.58 bits per heavy atom. The monoisotopic (exact) mass is 238 g/mol. The van der Waals surface area contributed by atoms with Gasteiger partial charge in [0, 0.05) is 0 Å². The van der Waals surface area contributed by atoms with E-state index in [-0.39, 0.29) is 37.2 Å². The van der Waals surface area contributed by atoms with Gasteiger partial charge >= 0.3 is 0 Å². The Labute approximate surface area is 92.2 Å². The van der Waals surface area contributed by atoms with E-state index in [1.54, 1.807) is 0 Å². The first-order chi connectivity index (χ1) is 4.18. The van der Waals surface area contributed by atoms with E-state index in [2.05, 4.69) is 19.2 Å². The van der Waals surface area contributed by atoms with Crippen LogP contribution in [0.3, 0.4) is 0 Å². The molecule has 0 aromatic heterocycles. The SMILES string of the molecule is C=CC(N)=O.CCCN.Cl.Cl.Cl. The third-order valence-corrected chi connectivity index (χ3v) is 0.490. The van der Waals surface area contributed by atoms with Gasteiger partial charge in [0.25, 0.3) is 0 Å². The molecule has 78 valence electrons. The van der Waals surface area contributed by atoms with E-state index in [1.807, 2.05) is 0 Å². The van der Waals surface area contributed by atoms with Crippen molar-refractivity contribution in [2.24, 2.45) is 11.5 Å². The molecule has 0 fully saturated rings. The van der Waals surface area contributed by atoms with Crippen LogP contribution in [0, 0.1) is 0 Å². The zero-order valence-electron chi connectivity index (χ0n) is 6.99. The molecular formula is C6H17Cl3N2O. The van der Waals surface area contributed by atoms with Crippen molar-refractivity contribution in [2.75, 3.05) is 6.54 Å². The van der Waals surface area contributed by atoms with Crippen LogP contribution in [0.5, 0.6) is 0 Å². The highest BCUT2D eigenvalue weighted by Gasteiger charge is 1.69. The highest BCUT2D eigenvalue weighted by atomic mass is 35.5. The summed E-state index contributed by atoms with van der Waals surface area (Å²) >= 11 is 0. The van der Waals surface area contributed by atoms with Crippen LogP contribution < -0.4 is 11.5 Å². The molecule has 6 heteroatoms. The first-order valence-electron chi connectivity index (χ1n) is 2.81. The molecule has 0 aliphatic heterocycles. The summed E-state index contributed by atoms with van der Waals surface area (Å²) in [7, 11) is 0. The first kappa shape index (κ1) is 29.6. The van der Waals surface area contributed by atoms with E-state index >= 15 is 0 Å². The maximum absolute atomic E-state index is 9.47. The van der Waals surface area contributed by atoms with Gasteiger partial charge in [-0.25, -0.2) is 0 Å². The normalized spacial score (nSPS) is 5.17. The molecule has 3 nitrogen and oxygen atoms in total. The van der Waals surface area contributed by atoms with Crippen molar-refractivity contribution in [2.45, 2.75) is 13.3 Å². The van der Waals surface area contributed by atoms with Gasteiger partial charge in [-0.3, -0.25) is 4.79 Å². The number of carbonyl (C=O) groups is 1. The molecule has 4 N–H and O–H groups in total. The second kappa shape index (κ2) is 30.5. The Balaban J connectivity index is -0.0000000221. The Bertz CT molecular complexity index is 88.9. The molecule has 0 aromatic carbocycles. The predicted molar refractivity (Wildman–Crippen MR) is 60.5 cm³/mol. The lowest BCUT2D eigenvalue weighted by atomic mass is 10.5. The second-order valence-corrected chi connectivity index (χ2v) is 1.40. The van der Waals surface area contributed by atoms with E-state index in [0.29, 0.717) is 0 Å². The molecule has 12 heavy (non-hydrogen) atoms. The summed E-state index contributed by atoms with van der Waals surface area (Å²) in [5.41, 5.74) is 9.56.